The molecule has 2 aliphatic rings. The summed E-state index contributed by atoms with van der Waals surface area (Å²) in [5, 5.41) is 0. The molecule has 2 nitrogen and oxygen atoms in total. The monoisotopic (exact) mass is 167 g/mol. The van der Waals surface area contributed by atoms with Gasteiger partial charge in [-0.1, -0.05) is 12.2 Å². The van der Waals surface area contributed by atoms with E-state index >= 15 is 0 Å². The van der Waals surface area contributed by atoms with Gasteiger partial charge in [0.1, 0.15) is 0 Å². The highest BCUT2D eigenvalue weighted by Crippen LogP contribution is 2.40. The first kappa shape index (κ1) is 8.27. The fourth-order valence-electron chi connectivity index (χ4n) is 2.72. The highest BCUT2D eigenvalue weighted by Gasteiger charge is 2.45. The van der Waals surface area contributed by atoms with Crippen molar-refractivity contribution in [2.24, 2.45) is 0 Å². The molecule has 12 heavy (non-hydrogen) atoms. The van der Waals surface area contributed by atoms with Crippen LogP contribution in [0.5, 0.6) is 0 Å². The third-order valence-electron chi connectivity index (χ3n) is 3.15. The second-order valence-electron chi connectivity index (χ2n) is 4.11. The van der Waals surface area contributed by atoms with Crippen molar-refractivity contribution in [1.82, 2.24) is 4.90 Å². The first-order valence-electron chi connectivity index (χ1n) is 4.67. The Bertz CT molecular complexity index is 202. The summed E-state index contributed by atoms with van der Waals surface area (Å²) < 4.78 is 5.30. The van der Waals surface area contributed by atoms with Crippen LogP contribution < -0.4 is 0 Å². The maximum absolute atomic E-state index is 5.30. The molecular formula is C10H17NO. The zero-order chi connectivity index (χ0) is 8.60. The predicted molar refractivity (Wildman–Crippen MR) is 49.2 cm³/mol. The topological polar surface area (TPSA) is 12.5 Å². The van der Waals surface area contributed by atoms with Gasteiger partial charge in [-0.05, 0) is 25.8 Å². The van der Waals surface area contributed by atoms with E-state index in [1.807, 2.05) is 0 Å². The summed E-state index contributed by atoms with van der Waals surface area (Å²) in [6.45, 7) is 7.29. The van der Waals surface area contributed by atoms with Gasteiger partial charge in [0.15, 0.2) is 0 Å². The van der Waals surface area contributed by atoms with Crippen molar-refractivity contribution in [3.8, 4) is 0 Å². The number of nitrogens with zero attached hydrogens (tertiary/aromatic N) is 1. The Morgan fingerprint density at radius 1 is 1.67 bits per heavy atom. The minimum atomic E-state index is 0.339. The molecule has 0 unspecified atom stereocenters. The molecule has 0 amide bonds. The molecule has 0 N–H and O–H groups in total. The van der Waals surface area contributed by atoms with Gasteiger partial charge in [0.05, 0.1) is 6.61 Å². The molecule has 2 heteroatoms. The fraction of sp³-hybridized carbons (Fsp3) is 0.800. The van der Waals surface area contributed by atoms with Gasteiger partial charge in [-0.15, -0.1) is 0 Å². The van der Waals surface area contributed by atoms with Crippen molar-refractivity contribution in [3.05, 3.63) is 12.2 Å². The molecule has 68 valence electrons. The van der Waals surface area contributed by atoms with E-state index < -0.39 is 0 Å². The molecule has 0 bridgehead atoms. The van der Waals surface area contributed by atoms with Crippen molar-refractivity contribution in [3.63, 3.8) is 0 Å². The lowest BCUT2D eigenvalue weighted by Gasteiger charge is -2.30. The summed E-state index contributed by atoms with van der Waals surface area (Å²) in [6, 6.07) is 0. The summed E-state index contributed by atoms with van der Waals surface area (Å²) in [5.41, 5.74) is 1.72. The van der Waals surface area contributed by atoms with Crippen molar-refractivity contribution < 1.29 is 4.74 Å². The molecule has 2 saturated heterocycles. The third-order valence-corrected chi connectivity index (χ3v) is 3.15. The SMILES string of the molecule is C=C1CN2CCC[C@]2(COC)C1. The fourth-order valence-corrected chi connectivity index (χ4v) is 2.72. The quantitative estimate of drug-likeness (QED) is 0.577. The van der Waals surface area contributed by atoms with Gasteiger partial charge in [-0.2, -0.15) is 0 Å². The second kappa shape index (κ2) is 2.86. The maximum atomic E-state index is 5.30. The Morgan fingerprint density at radius 2 is 2.50 bits per heavy atom. The molecule has 0 aromatic heterocycles. The minimum absolute atomic E-state index is 0.339. The van der Waals surface area contributed by atoms with Crippen molar-refractivity contribution in [2.75, 3.05) is 26.8 Å². The lowest BCUT2D eigenvalue weighted by atomic mass is 9.94. The van der Waals surface area contributed by atoms with Crippen molar-refractivity contribution in [2.45, 2.75) is 24.8 Å². The van der Waals surface area contributed by atoms with E-state index in [4.69, 9.17) is 4.74 Å². The zero-order valence-corrected chi connectivity index (χ0v) is 7.81. The average Bonchev–Trinajstić information content (AvgIpc) is 2.44. The van der Waals surface area contributed by atoms with E-state index in [-0.39, 0.29) is 0 Å². The highest BCUT2D eigenvalue weighted by molar-refractivity contribution is 5.17. The third kappa shape index (κ3) is 1.10. The van der Waals surface area contributed by atoms with Crippen LogP contribution in [0.15, 0.2) is 12.2 Å². The summed E-state index contributed by atoms with van der Waals surface area (Å²) in [7, 11) is 1.80. The van der Waals surface area contributed by atoms with Gasteiger partial charge in [-0.3, -0.25) is 4.90 Å². The van der Waals surface area contributed by atoms with Crippen LogP contribution in [-0.2, 0) is 4.74 Å². The largest absolute Gasteiger partial charge is 0.383 e. The number of hydrogen-bond acceptors (Lipinski definition) is 2. The summed E-state index contributed by atoms with van der Waals surface area (Å²) >= 11 is 0. The Labute approximate surface area is 74.2 Å². The maximum Gasteiger partial charge on any atom is 0.0649 e. The smallest absolute Gasteiger partial charge is 0.0649 e. The Kier molecular flexibility index (Phi) is 1.97. The minimum Gasteiger partial charge on any atom is -0.383 e. The normalized spacial score (nSPS) is 35.9. The molecule has 0 aliphatic carbocycles. The molecule has 0 spiro atoms. The van der Waals surface area contributed by atoms with Crippen LogP contribution >= 0.6 is 0 Å². The van der Waals surface area contributed by atoms with Crippen LogP contribution in [0.2, 0.25) is 0 Å². The molecule has 2 rings (SSSR count). The summed E-state index contributed by atoms with van der Waals surface area (Å²) in [4.78, 5) is 2.54. The van der Waals surface area contributed by atoms with E-state index in [1.165, 1.54) is 25.0 Å². The number of hydrogen-bond donors (Lipinski definition) is 0. The molecule has 0 aromatic carbocycles. The zero-order valence-electron chi connectivity index (χ0n) is 7.81. The lowest BCUT2D eigenvalue weighted by molar-refractivity contribution is 0.0656. The van der Waals surface area contributed by atoms with Crippen LogP contribution in [-0.4, -0.2) is 37.2 Å². The highest BCUT2D eigenvalue weighted by atomic mass is 16.5. The van der Waals surface area contributed by atoms with Crippen LogP contribution in [0.1, 0.15) is 19.3 Å². The van der Waals surface area contributed by atoms with Crippen molar-refractivity contribution >= 4 is 0 Å². The van der Waals surface area contributed by atoms with Gasteiger partial charge in [0.2, 0.25) is 0 Å². The molecule has 0 radical (unpaired) electrons. The molecule has 0 aromatic rings. The molecule has 2 fully saturated rings. The number of ether oxygens (including phenoxy) is 1. The summed E-state index contributed by atoms with van der Waals surface area (Å²) in [6.07, 6.45) is 3.78. The molecule has 2 heterocycles. The number of methoxy groups -OCH3 is 1. The standard InChI is InChI=1S/C10H17NO/c1-9-6-10(8-12-2)4-3-5-11(10)7-9/h1,3-8H2,2H3/t10-/m1/s1. The van der Waals surface area contributed by atoms with Crippen LogP contribution in [0.3, 0.4) is 0 Å². The Morgan fingerprint density at radius 3 is 3.25 bits per heavy atom. The van der Waals surface area contributed by atoms with E-state index in [1.54, 1.807) is 7.11 Å². The molecular weight excluding hydrogens is 150 g/mol. The molecule has 0 saturated carbocycles. The van der Waals surface area contributed by atoms with E-state index in [0.717, 1.165) is 19.6 Å². The van der Waals surface area contributed by atoms with Crippen LogP contribution in [0.25, 0.3) is 0 Å². The number of fused-ring (bicyclic) bond motifs is 1. The molecule has 2 aliphatic heterocycles. The van der Waals surface area contributed by atoms with E-state index in [9.17, 15) is 0 Å². The van der Waals surface area contributed by atoms with E-state index in [2.05, 4.69) is 11.5 Å². The van der Waals surface area contributed by atoms with Gasteiger partial charge in [-0.25, -0.2) is 0 Å². The number of rotatable bonds is 2. The average molecular weight is 167 g/mol. The summed E-state index contributed by atoms with van der Waals surface area (Å²) in [5.74, 6) is 0. The van der Waals surface area contributed by atoms with Gasteiger partial charge in [0, 0.05) is 19.2 Å². The van der Waals surface area contributed by atoms with E-state index in [0.29, 0.717) is 5.54 Å². The van der Waals surface area contributed by atoms with Gasteiger partial charge >= 0.3 is 0 Å². The first-order chi connectivity index (χ1) is 5.77. The lowest BCUT2D eigenvalue weighted by Crippen LogP contribution is -2.42. The second-order valence-corrected chi connectivity index (χ2v) is 4.11. The first-order valence-corrected chi connectivity index (χ1v) is 4.67. The Balaban J connectivity index is 2.14. The predicted octanol–water partition coefficient (Wildman–Crippen LogP) is 1.43. The van der Waals surface area contributed by atoms with Crippen molar-refractivity contribution in [1.29, 1.82) is 0 Å². The van der Waals surface area contributed by atoms with Crippen LogP contribution in [0, 0.1) is 0 Å². The Hall–Kier alpha value is -0.340. The van der Waals surface area contributed by atoms with Gasteiger partial charge in [0.25, 0.3) is 0 Å². The van der Waals surface area contributed by atoms with Gasteiger partial charge < -0.3 is 4.74 Å². The molecule has 1 atom stereocenters. The van der Waals surface area contributed by atoms with Crippen LogP contribution in [0.4, 0.5) is 0 Å².